The molecule has 7 N–H and O–H groups in total. The fourth-order valence-corrected chi connectivity index (χ4v) is 4.83. The Hall–Kier alpha value is -3.13. The second-order valence-electron chi connectivity index (χ2n) is 10.2. The molecule has 1 aliphatic rings. The van der Waals surface area contributed by atoms with Crippen LogP contribution in [0.3, 0.4) is 0 Å². The molecule has 0 spiro atoms. The average Bonchev–Trinajstić information content (AvgIpc) is 3.57. The van der Waals surface area contributed by atoms with Gasteiger partial charge in [-0.15, -0.1) is 0 Å². The number of hydrogen-bond acceptors (Lipinski definition) is 8. The van der Waals surface area contributed by atoms with Crippen molar-refractivity contribution in [2.75, 3.05) is 18.6 Å². The number of nitrogens with zero attached hydrogens (tertiary/aromatic N) is 2. The summed E-state index contributed by atoms with van der Waals surface area (Å²) < 4.78 is 0. The number of nitrogens with one attached hydrogen (secondary N) is 4. The summed E-state index contributed by atoms with van der Waals surface area (Å²) in [4.78, 5) is 72.1. The first-order valence-electron chi connectivity index (χ1n) is 13.1. The van der Waals surface area contributed by atoms with Gasteiger partial charge in [-0.25, -0.2) is 9.78 Å². The fourth-order valence-electron chi connectivity index (χ4n) is 4.36. The number of aromatic nitrogens is 2. The van der Waals surface area contributed by atoms with Gasteiger partial charge in [0.15, 0.2) is 0 Å². The van der Waals surface area contributed by atoms with E-state index in [1.54, 1.807) is 0 Å². The van der Waals surface area contributed by atoms with E-state index >= 15 is 0 Å². The number of aromatic amines is 1. The Morgan fingerprint density at radius 2 is 1.82 bits per heavy atom. The van der Waals surface area contributed by atoms with Gasteiger partial charge in [0, 0.05) is 24.9 Å². The van der Waals surface area contributed by atoms with Gasteiger partial charge in [0.25, 0.3) is 0 Å². The summed E-state index contributed by atoms with van der Waals surface area (Å²) in [5.41, 5.74) is 6.22. The highest BCUT2D eigenvalue weighted by atomic mass is 32.2. The Morgan fingerprint density at radius 3 is 2.38 bits per heavy atom. The third-order valence-corrected chi connectivity index (χ3v) is 7.05. The molecule has 1 aliphatic heterocycles. The molecule has 1 aromatic rings. The molecule has 4 amide bonds. The van der Waals surface area contributed by atoms with E-state index in [2.05, 4.69) is 25.9 Å². The zero-order valence-corrected chi connectivity index (χ0v) is 23.8. The van der Waals surface area contributed by atoms with E-state index in [4.69, 9.17) is 5.73 Å². The lowest BCUT2D eigenvalue weighted by Gasteiger charge is -2.31. The number of thioether (sulfide) groups is 1. The smallest absolute Gasteiger partial charge is 0.326 e. The van der Waals surface area contributed by atoms with Crippen LogP contribution in [0.2, 0.25) is 0 Å². The first-order chi connectivity index (χ1) is 18.4. The van der Waals surface area contributed by atoms with Crippen molar-refractivity contribution in [2.24, 2.45) is 11.7 Å². The first-order valence-corrected chi connectivity index (χ1v) is 14.5. The molecule has 218 valence electrons. The number of H-pyrrole nitrogens is 1. The minimum absolute atomic E-state index is 0.000447. The molecule has 13 nitrogen and oxygen atoms in total. The number of carboxylic acids is 1. The summed E-state index contributed by atoms with van der Waals surface area (Å²) >= 11 is 1.48. The molecule has 0 bridgehead atoms. The normalized spacial score (nSPS) is 18.2. The van der Waals surface area contributed by atoms with Gasteiger partial charge in [-0.05, 0) is 50.5 Å². The van der Waals surface area contributed by atoms with Crippen LogP contribution in [0.15, 0.2) is 12.5 Å². The van der Waals surface area contributed by atoms with Gasteiger partial charge < -0.3 is 36.7 Å². The van der Waals surface area contributed by atoms with E-state index in [1.807, 2.05) is 20.1 Å². The lowest BCUT2D eigenvalue weighted by molar-refractivity contribution is -0.143. The van der Waals surface area contributed by atoms with Crippen LogP contribution in [-0.2, 0) is 30.4 Å². The number of aliphatic carboxylic acids is 1. The van der Waals surface area contributed by atoms with Crippen LogP contribution < -0.4 is 21.7 Å². The Balaban J connectivity index is 2.14. The van der Waals surface area contributed by atoms with Crippen molar-refractivity contribution in [2.45, 2.75) is 83.1 Å². The van der Waals surface area contributed by atoms with Crippen LogP contribution in [0.1, 0.15) is 52.1 Å². The second kappa shape index (κ2) is 15.5. The third kappa shape index (κ3) is 9.84. The van der Waals surface area contributed by atoms with Crippen molar-refractivity contribution in [3.05, 3.63) is 18.2 Å². The van der Waals surface area contributed by atoms with Crippen molar-refractivity contribution < 1.29 is 29.1 Å². The van der Waals surface area contributed by atoms with E-state index in [1.165, 1.54) is 36.1 Å². The highest BCUT2D eigenvalue weighted by molar-refractivity contribution is 7.98. The number of nitrogens with two attached hydrogens (primary N) is 1. The minimum atomic E-state index is -1.22. The predicted molar refractivity (Wildman–Crippen MR) is 147 cm³/mol. The number of carbonyl (C=O) groups is 5. The van der Waals surface area contributed by atoms with Gasteiger partial charge in [-0.3, -0.25) is 19.2 Å². The van der Waals surface area contributed by atoms with Gasteiger partial charge in [-0.2, -0.15) is 11.8 Å². The summed E-state index contributed by atoms with van der Waals surface area (Å²) in [5.74, 6) is -2.51. The van der Waals surface area contributed by atoms with Gasteiger partial charge >= 0.3 is 5.97 Å². The van der Waals surface area contributed by atoms with Crippen LogP contribution >= 0.6 is 11.8 Å². The van der Waals surface area contributed by atoms with Gasteiger partial charge in [0.1, 0.15) is 24.2 Å². The maximum atomic E-state index is 13.5. The second-order valence-corrected chi connectivity index (χ2v) is 11.2. The maximum absolute atomic E-state index is 13.5. The zero-order valence-electron chi connectivity index (χ0n) is 22.9. The zero-order chi connectivity index (χ0) is 29.1. The summed E-state index contributed by atoms with van der Waals surface area (Å²) in [6.45, 7) is 5.73. The van der Waals surface area contributed by atoms with E-state index in [-0.39, 0.29) is 24.7 Å². The Kier molecular flexibility index (Phi) is 12.7. The topological polar surface area (TPSA) is 200 Å². The molecule has 39 heavy (non-hydrogen) atoms. The lowest BCUT2D eigenvalue weighted by Crippen LogP contribution is -2.58. The van der Waals surface area contributed by atoms with Crippen molar-refractivity contribution in [1.29, 1.82) is 0 Å². The van der Waals surface area contributed by atoms with Crippen LogP contribution in [0, 0.1) is 5.92 Å². The number of rotatable bonds is 15. The standard InChI is InChI=1S/C25H41N7O6S/c1-14(2)10-18(30-21(33)15(3)26)24(36)32-8-5-6-20(32)23(35)29-17(7-9-39-4)22(34)31-19(25(37)38)11-16-12-27-13-28-16/h12-15,17-20H,5-11,26H2,1-4H3,(H,27,28)(H,29,35)(H,30,33)(H,31,34)(H,37,38)/t15-,17-,18-,19-,20-/m0/s1. The number of carbonyl (C=O) groups excluding carboxylic acids is 4. The van der Waals surface area contributed by atoms with E-state index in [9.17, 15) is 29.1 Å². The summed E-state index contributed by atoms with van der Waals surface area (Å²) in [6, 6.07) is -4.64. The molecule has 0 unspecified atom stereocenters. The number of likely N-dealkylation sites (tertiary alicyclic amines) is 1. The number of amides is 4. The van der Waals surface area contributed by atoms with Gasteiger partial charge in [0.2, 0.25) is 23.6 Å². The molecule has 0 radical (unpaired) electrons. The Labute approximate surface area is 232 Å². The fraction of sp³-hybridized carbons (Fsp3) is 0.680. The number of carboxylic acid groups (broad SMARTS) is 1. The van der Waals surface area contributed by atoms with Crippen LogP contribution in [0.4, 0.5) is 0 Å². The van der Waals surface area contributed by atoms with Crippen molar-refractivity contribution >= 4 is 41.4 Å². The molecule has 0 aliphatic carbocycles. The SMILES string of the molecule is CSCC[C@H](NC(=O)[C@@H]1CCCN1C(=O)[C@H](CC(C)C)NC(=O)[C@H](C)N)C(=O)N[C@@H](Cc1cnc[nH]1)C(=O)O. The summed E-state index contributed by atoms with van der Waals surface area (Å²) in [5, 5.41) is 17.6. The largest absolute Gasteiger partial charge is 0.480 e. The Bertz CT molecular complexity index is 988. The van der Waals surface area contributed by atoms with Crippen LogP contribution in [0.25, 0.3) is 0 Å². The van der Waals surface area contributed by atoms with Crippen LogP contribution in [-0.4, -0.2) is 98.3 Å². The lowest BCUT2D eigenvalue weighted by atomic mass is 10.0. The maximum Gasteiger partial charge on any atom is 0.326 e. The number of imidazole rings is 1. The molecule has 0 aromatic carbocycles. The van der Waals surface area contributed by atoms with Crippen molar-refractivity contribution in [3.8, 4) is 0 Å². The molecule has 2 heterocycles. The average molecular weight is 568 g/mol. The predicted octanol–water partition coefficient (Wildman–Crippen LogP) is -0.371. The molecular formula is C25H41N7O6S. The molecule has 0 saturated carbocycles. The Morgan fingerprint density at radius 1 is 1.13 bits per heavy atom. The van der Waals surface area contributed by atoms with Gasteiger partial charge in [0.05, 0.1) is 12.4 Å². The van der Waals surface area contributed by atoms with E-state index in [0.717, 1.165) is 0 Å². The number of hydrogen-bond donors (Lipinski definition) is 6. The molecular weight excluding hydrogens is 526 g/mol. The highest BCUT2D eigenvalue weighted by Crippen LogP contribution is 2.21. The highest BCUT2D eigenvalue weighted by Gasteiger charge is 2.39. The summed E-state index contributed by atoms with van der Waals surface area (Å²) in [7, 11) is 0. The molecule has 14 heteroatoms. The molecule has 1 saturated heterocycles. The van der Waals surface area contributed by atoms with E-state index in [0.29, 0.717) is 37.3 Å². The third-order valence-electron chi connectivity index (χ3n) is 6.41. The quantitative estimate of drug-likeness (QED) is 0.164. The van der Waals surface area contributed by atoms with Crippen LogP contribution in [0.5, 0.6) is 0 Å². The van der Waals surface area contributed by atoms with Crippen molar-refractivity contribution in [1.82, 2.24) is 30.8 Å². The monoisotopic (exact) mass is 567 g/mol. The van der Waals surface area contributed by atoms with E-state index < -0.39 is 53.9 Å². The summed E-state index contributed by atoms with van der Waals surface area (Å²) in [6.07, 6.45) is 6.40. The molecule has 5 atom stereocenters. The minimum Gasteiger partial charge on any atom is -0.480 e. The molecule has 1 aromatic heterocycles. The van der Waals surface area contributed by atoms with Gasteiger partial charge in [-0.1, -0.05) is 13.8 Å². The first kappa shape index (κ1) is 32.1. The molecule has 2 rings (SSSR count). The molecule has 1 fully saturated rings. The van der Waals surface area contributed by atoms with Crippen molar-refractivity contribution in [3.63, 3.8) is 0 Å².